The second-order valence-corrected chi connectivity index (χ2v) is 5.12. The Morgan fingerprint density at radius 3 is 2.94 bits per heavy atom. The molecule has 0 saturated heterocycles. The summed E-state index contributed by atoms with van der Waals surface area (Å²) < 4.78 is 5.18. The predicted molar refractivity (Wildman–Crippen MR) is 73.5 cm³/mol. The van der Waals surface area contributed by atoms with Crippen molar-refractivity contribution in [2.45, 2.75) is 20.3 Å². The Labute approximate surface area is 107 Å². The van der Waals surface area contributed by atoms with Crippen LogP contribution in [0.25, 0.3) is 0 Å². The van der Waals surface area contributed by atoms with Crippen LogP contribution in [-0.2, 0) is 4.74 Å². The second kappa shape index (κ2) is 7.22. The van der Waals surface area contributed by atoms with Gasteiger partial charge in [-0.2, -0.15) is 11.8 Å². The summed E-state index contributed by atoms with van der Waals surface area (Å²) in [7, 11) is 0. The first-order valence-electron chi connectivity index (χ1n) is 5.76. The van der Waals surface area contributed by atoms with Crippen molar-refractivity contribution in [3.05, 3.63) is 29.3 Å². The highest BCUT2D eigenvalue weighted by molar-refractivity contribution is 7.99. The van der Waals surface area contributed by atoms with Crippen LogP contribution in [0.4, 0.5) is 5.69 Å². The van der Waals surface area contributed by atoms with E-state index in [4.69, 9.17) is 10.5 Å². The topological polar surface area (TPSA) is 52.3 Å². The highest BCUT2D eigenvalue weighted by Gasteiger charge is 2.11. The van der Waals surface area contributed by atoms with Crippen LogP contribution in [0.3, 0.4) is 0 Å². The summed E-state index contributed by atoms with van der Waals surface area (Å²) in [6, 6.07) is 5.39. The molecule has 3 nitrogen and oxygen atoms in total. The fraction of sp³-hybridized carbons (Fsp3) is 0.462. The average Bonchev–Trinajstić information content (AvgIpc) is 2.32. The van der Waals surface area contributed by atoms with E-state index in [-0.39, 0.29) is 5.97 Å². The van der Waals surface area contributed by atoms with Crippen molar-refractivity contribution in [2.75, 3.05) is 23.8 Å². The lowest BCUT2D eigenvalue weighted by atomic mass is 10.1. The highest BCUT2D eigenvalue weighted by Crippen LogP contribution is 2.17. The number of carbonyl (C=O) groups excluding carboxylic acids is 1. The molecule has 17 heavy (non-hydrogen) atoms. The molecule has 0 bridgehead atoms. The van der Waals surface area contributed by atoms with Crippen LogP contribution >= 0.6 is 11.8 Å². The monoisotopic (exact) mass is 253 g/mol. The maximum atomic E-state index is 11.7. The summed E-state index contributed by atoms with van der Waals surface area (Å²) in [6.45, 7) is 4.45. The van der Waals surface area contributed by atoms with E-state index in [1.807, 2.05) is 30.8 Å². The lowest BCUT2D eigenvalue weighted by Crippen LogP contribution is -2.10. The van der Waals surface area contributed by atoms with E-state index in [9.17, 15) is 4.79 Å². The third-order valence-corrected chi connectivity index (χ3v) is 3.40. The van der Waals surface area contributed by atoms with E-state index in [2.05, 4.69) is 6.92 Å². The van der Waals surface area contributed by atoms with Crippen LogP contribution in [0.1, 0.15) is 29.3 Å². The Hall–Kier alpha value is -1.16. The van der Waals surface area contributed by atoms with Crippen LogP contribution in [0, 0.1) is 6.92 Å². The number of ether oxygens (including phenoxy) is 1. The van der Waals surface area contributed by atoms with Gasteiger partial charge < -0.3 is 10.5 Å². The molecule has 0 atom stereocenters. The molecule has 1 aromatic carbocycles. The highest BCUT2D eigenvalue weighted by atomic mass is 32.2. The van der Waals surface area contributed by atoms with E-state index < -0.39 is 0 Å². The van der Waals surface area contributed by atoms with Crippen LogP contribution in [0.2, 0.25) is 0 Å². The number of nitrogens with two attached hydrogens (primary N) is 1. The van der Waals surface area contributed by atoms with Gasteiger partial charge >= 0.3 is 5.97 Å². The average molecular weight is 253 g/mol. The molecule has 0 radical (unpaired) electrons. The Balaban J connectivity index is 2.44. The van der Waals surface area contributed by atoms with Crippen molar-refractivity contribution in [3.8, 4) is 0 Å². The molecule has 0 aliphatic rings. The number of anilines is 1. The first-order chi connectivity index (χ1) is 8.16. The smallest absolute Gasteiger partial charge is 0.340 e. The van der Waals surface area contributed by atoms with Crippen molar-refractivity contribution < 1.29 is 9.53 Å². The van der Waals surface area contributed by atoms with Crippen molar-refractivity contribution in [1.82, 2.24) is 0 Å². The number of aryl methyl sites for hydroxylation is 1. The van der Waals surface area contributed by atoms with Gasteiger partial charge in [-0.05, 0) is 36.5 Å². The van der Waals surface area contributed by atoms with Crippen LogP contribution in [0.15, 0.2) is 18.2 Å². The molecule has 0 aliphatic heterocycles. The minimum absolute atomic E-state index is 0.326. The molecule has 0 fully saturated rings. The molecule has 4 heteroatoms. The molecule has 94 valence electrons. The Bertz CT molecular complexity index is 380. The molecule has 0 unspecified atom stereocenters. The Kier molecular flexibility index (Phi) is 5.91. The van der Waals surface area contributed by atoms with Crippen molar-refractivity contribution in [2.24, 2.45) is 0 Å². The molecule has 0 aliphatic carbocycles. The molecule has 0 saturated carbocycles. The minimum Gasteiger partial charge on any atom is -0.462 e. The zero-order chi connectivity index (χ0) is 12.7. The summed E-state index contributed by atoms with van der Waals surface area (Å²) >= 11 is 1.85. The Morgan fingerprint density at radius 2 is 2.24 bits per heavy atom. The van der Waals surface area contributed by atoms with Gasteiger partial charge in [-0.25, -0.2) is 4.79 Å². The van der Waals surface area contributed by atoms with E-state index >= 15 is 0 Å². The minimum atomic E-state index is -0.326. The van der Waals surface area contributed by atoms with Crippen LogP contribution in [-0.4, -0.2) is 24.1 Å². The van der Waals surface area contributed by atoms with Gasteiger partial charge in [-0.3, -0.25) is 0 Å². The van der Waals surface area contributed by atoms with Crippen molar-refractivity contribution in [1.29, 1.82) is 0 Å². The largest absolute Gasteiger partial charge is 0.462 e. The first kappa shape index (κ1) is 13.9. The fourth-order valence-corrected chi connectivity index (χ4v) is 2.02. The number of hydrogen-bond donors (Lipinski definition) is 1. The second-order valence-electron chi connectivity index (χ2n) is 3.72. The molecular weight excluding hydrogens is 234 g/mol. The third-order valence-electron chi connectivity index (χ3n) is 2.41. The van der Waals surface area contributed by atoms with Gasteiger partial charge in [0.1, 0.15) is 0 Å². The summed E-state index contributed by atoms with van der Waals surface area (Å²) in [5.41, 5.74) is 7.71. The molecule has 0 heterocycles. The van der Waals surface area contributed by atoms with Gasteiger partial charge in [0.05, 0.1) is 12.2 Å². The van der Waals surface area contributed by atoms with E-state index in [0.717, 1.165) is 23.5 Å². The van der Waals surface area contributed by atoms with Gasteiger partial charge in [-0.15, -0.1) is 0 Å². The van der Waals surface area contributed by atoms with Gasteiger partial charge in [0, 0.05) is 5.69 Å². The van der Waals surface area contributed by atoms with Gasteiger partial charge in [0.15, 0.2) is 0 Å². The Morgan fingerprint density at radius 1 is 1.47 bits per heavy atom. The molecular formula is C13H19NO2S. The van der Waals surface area contributed by atoms with Gasteiger partial charge in [0.2, 0.25) is 0 Å². The third kappa shape index (κ3) is 4.30. The summed E-state index contributed by atoms with van der Waals surface area (Å²) in [4.78, 5) is 11.7. The lowest BCUT2D eigenvalue weighted by Gasteiger charge is -2.08. The van der Waals surface area contributed by atoms with Crippen molar-refractivity contribution in [3.63, 3.8) is 0 Å². The maximum Gasteiger partial charge on any atom is 0.340 e. The maximum absolute atomic E-state index is 11.7. The normalized spacial score (nSPS) is 10.2. The summed E-state index contributed by atoms with van der Waals surface area (Å²) in [6.07, 6.45) is 0.885. The van der Waals surface area contributed by atoms with Crippen LogP contribution in [0.5, 0.6) is 0 Å². The summed E-state index contributed by atoms with van der Waals surface area (Å²) in [5, 5.41) is 0. The van der Waals surface area contributed by atoms with E-state index in [0.29, 0.717) is 17.9 Å². The number of carbonyl (C=O) groups is 1. The molecule has 2 N–H and O–H groups in total. The van der Waals surface area contributed by atoms with E-state index in [1.54, 1.807) is 6.07 Å². The first-order valence-corrected chi connectivity index (χ1v) is 6.92. The zero-order valence-electron chi connectivity index (χ0n) is 10.4. The fourth-order valence-electron chi connectivity index (χ4n) is 1.41. The quantitative estimate of drug-likeness (QED) is 0.481. The number of benzene rings is 1. The number of esters is 1. The zero-order valence-corrected chi connectivity index (χ0v) is 11.2. The molecule has 0 spiro atoms. The number of thioether (sulfide) groups is 1. The van der Waals surface area contributed by atoms with E-state index in [1.165, 1.54) is 0 Å². The number of rotatable bonds is 6. The molecule has 1 aromatic rings. The SMILES string of the molecule is CCSCCCOC(=O)c1cccc(C)c1N. The number of hydrogen-bond acceptors (Lipinski definition) is 4. The van der Waals surface area contributed by atoms with Crippen molar-refractivity contribution >= 4 is 23.4 Å². The number of nitrogen functional groups attached to an aromatic ring is 1. The van der Waals surface area contributed by atoms with Gasteiger partial charge in [-0.1, -0.05) is 19.1 Å². The summed E-state index contributed by atoms with van der Waals surface area (Å²) in [5.74, 6) is 1.79. The number of para-hydroxylation sites is 1. The molecule has 0 amide bonds. The molecule has 1 rings (SSSR count). The van der Waals surface area contributed by atoms with Gasteiger partial charge in [0.25, 0.3) is 0 Å². The molecule has 0 aromatic heterocycles. The lowest BCUT2D eigenvalue weighted by molar-refractivity contribution is 0.0507. The van der Waals surface area contributed by atoms with Crippen LogP contribution < -0.4 is 5.73 Å². The predicted octanol–water partition coefficient (Wildman–Crippen LogP) is 2.88. The standard InChI is InChI=1S/C13H19NO2S/c1-3-17-9-5-8-16-13(15)11-7-4-6-10(2)12(11)14/h4,6-7H,3,5,8-9,14H2,1-2H3.